The lowest BCUT2D eigenvalue weighted by Gasteiger charge is -2.32. The number of nitrogens with zero attached hydrogens (tertiary/aromatic N) is 2. The average Bonchev–Trinajstić information content (AvgIpc) is 3.15. The Morgan fingerprint density at radius 1 is 1.27 bits per heavy atom. The highest BCUT2D eigenvalue weighted by atomic mass is 35.5. The molecule has 1 amide bonds. The minimum atomic E-state index is -0.0769. The fourth-order valence-electron chi connectivity index (χ4n) is 3.41. The molecule has 5 nitrogen and oxygen atoms in total. The summed E-state index contributed by atoms with van der Waals surface area (Å²) in [5, 5.41) is 0.478. The van der Waals surface area contributed by atoms with Crippen molar-refractivity contribution in [1.82, 2.24) is 14.9 Å². The van der Waals surface area contributed by atoms with Crippen LogP contribution in [0.3, 0.4) is 0 Å². The van der Waals surface area contributed by atoms with Crippen LogP contribution in [-0.4, -0.2) is 34.4 Å². The van der Waals surface area contributed by atoms with Gasteiger partial charge in [0.2, 0.25) is 0 Å². The van der Waals surface area contributed by atoms with Gasteiger partial charge in [-0.25, -0.2) is 4.98 Å². The number of fused-ring (bicyclic) bond motifs is 1. The topological polar surface area (TPSA) is 58.2 Å². The number of aromatic nitrogens is 2. The second-order valence-electron chi connectivity index (χ2n) is 6.30. The van der Waals surface area contributed by atoms with E-state index in [1.54, 1.807) is 31.6 Å². The summed E-state index contributed by atoms with van der Waals surface area (Å²) in [4.78, 5) is 22.6. The van der Waals surface area contributed by atoms with Crippen LogP contribution in [0.1, 0.15) is 33.2 Å². The third-order valence-electron chi connectivity index (χ3n) is 4.68. The first-order valence-corrected chi connectivity index (χ1v) is 8.74. The summed E-state index contributed by atoms with van der Waals surface area (Å²) in [6.07, 6.45) is 1.69. The van der Waals surface area contributed by atoms with Gasteiger partial charge >= 0.3 is 0 Å². The molecule has 0 spiro atoms. The van der Waals surface area contributed by atoms with E-state index in [1.165, 1.54) is 0 Å². The maximum Gasteiger partial charge on any atom is 0.254 e. The van der Waals surface area contributed by atoms with Crippen molar-refractivity contribution in [3.05, 3.63) is 82.4 Å². The molecule has 0 bridgehead atoms. The number of rotatable bonds is 3. The molecule has 2 aromatic carbocycles. The number of carbonyl (C=O) groups is 1. The molecular formula is C20H18ClN3O2. The van der Waals surface area contributed by atoms with E-state index in [1.807, 2.05) is 23.1 Å². The summed E-state index contributed by atoms with van der Waals surface area (Å²) < 4.78 is 5.24. The molecule has 2 heterocycles. The van der Waals surface area contributed by atoms with Gasteiger partial charge in [-0.2, -0.15) is 0 Å². The molecule has 1 atom stereocenters. The van der Waals surface area contributed by atoms with Crippen LogP contribution in [0.25, 0.3) is 0 Å². The zero-order valence-corrected chi connectivity index (χ0v) is 15.0. The van der Waals surface area contributed by atoms with Crippen molar-refractivity contribution in [1.29, 1.82) is 0 Å². The lowest BCUT2D eigenvalue weighted by molar-refractivity contribution is 0.0721. The van der Waals surface area contributed by atoms with Gasteiger partial charge in [-0.1, -0.05) is 41.9 Å². The van der Waals surface area contributed by atoms with Gasteiger partial charge in [-0.3, -0.25) is 4.79 Å². The highest BCUT2D eigenvalue weighted by molar-refractivity contribution is 6.31. The Labute approximate surface area is 156 Å². The molecule has 0 saturated heterocycles. The molecule has 1 aliphatic heterocycles. The predicted molar refractivity (Wildman–Crippen MR) is 99.6 cm³/mol. The lowest BCUT2D eigenvalue weighted by atomic mass is 9.90. The molecule has 0 radical (unpaired) electrons. The Kier molecular flexibility index (Phi) is 4.39. The second-order valence-corrected chi connectivity index (χ2v) is 6.73. The number of imidazole rings is 1. The summed E-state index contributed by atoms with van der Waals surface area (Å²) >= 11 is 6.13. The Morgan fingerprint density at radius 3 is 2.85 bits per heavy atom. The van der Waals surface area contributed by atoms with Gasteiger partial charge in [0, 0.05) is 23.0 Å². The van der Waals surface area contributed by atoms with Crippen LogP contribution in [0.4, 0.5) is 0 Å². The molecule has 1 aliphatic rings. The number of hydrogen-bond acceptors (Lipinski definition) is 3. The first-order chi connectivity index (χ1) is 12.7. The molecule has 0 aliphatic carbocycles. The highest BCUT2D eigenvalue weighted by Gasteiger charge is 2.31. The Bertz CT molecular complexity index is 939. The van der Waals surface area contributed by atoms with Crippen molar-refractivity contribution in [3.8, 4) is 5.75 Å². The Balaban J connectivity index is 1.68. The van der Waals surface area contributed by atoms with E-state index >= 15 is 0 Å². The van der Waals surface area contributed by atoms with Gasteiger partial charge in [-0.05, 0) is 23.8 Å². The number of carbonyl (C=O) groups excluding carboxylic acids is 1. The number of aromatic amines is 1. The molecule has 1 unspecified atom stereocenters. The zero-order chi connectivity index (χ0) is 18.1. The molecule has 26 heavy (non-hydrogen) atoms. The normalized spacial score (nSPS) is 16.2. The van der Waals surface area contributed by atoms with Crippen LogP contribution >= 0.6 is 11.6 Å². The number of hydrogen-bond donors (Lipinski definition) is 1. The maximum absolute atomic E-state index is 13.1. The molecule has 0 fully saturated rings. The molecule has 1 aromatic heterocycles. The average molecular weight is 368 g/mol. The van der Waals surface area contributed by atoms with Crippen LogP contribution in [0, 0.1) is 0 Å². The summed E-state index contributed by atoms with van der Waals surface area (Å²) in [5.74, 6) is 0.530. The van der Waals surface area contributed by atoms with E-state index in [4.69, 9.17) is 16.3 Å². The van der Waals surface area contributed by atoms with Crippen molar-refractivity contribution in [3.63, 3.8) is 0 Å². The number of nitrogens with one attached hydrogen (secondary N) is 1. The molecular weight excluding hydrogens is 350 g/mol. The van der Waals surface area contributed by atoms with Crippen LogP contribution in [-0.2, 0) is 6.54 Å². The minimum absolute atomic E-state index is 0.0382. The second kappa shape index (κ2) is 6.84. The van der Waals surface area contributed by atoms with Gasteiger partial charge in [0.1, 0.15) is 5.75 Å². The lowest BCUT2D eigenvalue weighted by Crippen LogP contribution is -2.38. The summed E-state index contributed by atoms with van der Waals surface area (Å²) in [5.41, 5.74) is 3.63. The van der Waals surface area contributed by atoms with Crippen molar-refractivity contribution >= 4 is 17.5 Å². The highest BCUT2D eigenvalue weighted by Crippen LogP contribution is 2.32. The Morgan fingerprint density at radius 2 is 2.08 bits per heavy atom. The fourth-order valence-corrected chi connectivity index (χ4v) is 3.64. The number of halogens is 1. The number of methoxy groups -OCH3 is 1. The van der Waals surface area contributed by atoms with Gasteiger partial charge < -0.3 is 14.6 Å². The number of amides is 1. The summed E-state index contributed by atoms with van der Waals surface area (Å²) in [6.45, 7) is 1.06. The monoisotopic (exact) mass is 367 g/mol. The molecule has 0 saturated carbocycles. The van der Waals surface area contributed by atoms with E-state index in [2.05, 4.69) is 22.1 Å². The van der Waals surface area contributed by atoms with Crippen molar-refractivity contribution in [2.75, 3.05) is 13.7 Å². The molecule has 1 N–H and O–H groups in total. The van der Waals surface area contributed by atoms with Gasteiger partial charge in [0.15, 0.2) is 0 Å². The van der Waals surface area contributed by atoms with E-state index in [-0.39, 0.29) is 11.8 Å². The van der Waals surface area contributed by atoms with E-state index in [0.717, 1.165) is 17.0 Å². The zero-order valence-electron chi connectivity index (χ0n) is 14.3. The summed E-state index contributed by atoms with van der Waals surface area (Å²) in [7, 11) is 1.56. The fraction of sp³-hybridized carbons (Fsp3) is 0.200. The van der Waals surface area contributed by atoms with Crippen LogP contribution < -0.4 is 4.74 Å². The molecule has 3 aromatic rings. The third kappa shape index (κ3) is 3.06. The summed E-state index contributed by atoms with van der Waals surface area (Å²) in [6, 6.07) is 15.2. The van der Waals surface area contributed by atoms with Gasteiger partial charge in [-0.15, -0.1) is 0 Å². The van der Waals surface area contributed by atoms with Gasteiger partial charge in [0.25, 0.3) is 5.91 Å². The molecule has 6 heteroatoms. The van der Waals surface area contributed by atoms with E-state index in [0.29, 0.717) is 29.4 Å². The van der Waals surface area contributed by atoms with Crippen molar-refractivity contribution in [2.24, 2.45) is 0 Å². The van der Waals surface area contributed by atoms with Crippen LogP contribution in [0.2, 0.25) is 5.02 Å². The number of ether oxygens (including phenoxy) is 1. The number of benzene rings is 2. The third-order valence-corrected chi connectivity index (χ3v) is 4.89. The smallest absolute Gasteiger partial charge is 0.254 e. The van der Waals surface area contributed by atoms with Crippen molar-refractivity contribution in [2.45, 2.75) is 12.5 Å². The van der Waals surface area contributed by atoms with Crippen molar-refractivity contribution < 1.29 is 9.53 Å². The standard InChI is InChI=1S/C20H18ClN3O2/c1-26-16-8-14(7-15(21)9-16)20(25)24-10-17(13-5-3-2-4-6-13)19-18(11-24)22-12-23-19/h2-9,12,17H,10-11H2,1H3,(H,22,23). The number of H-pyrrole nitrogens is 1. The SMILES string of the molecule is COc1cc(Cl)cc(C(=O)N2Cc3[nH]cnc3C(c3ccccc3)C2)c1. The maximum atomic E-state index is 13.1. The van der Waals surface area contributed by atoms with Gasteiger partial charge in [0.05, 0.1) is 31.4 Å². The van der Waals surface area contributed by atoms with E-state index < -0.39 is 0 Å². The quantitative estimate of drug-likeness (QED) is 0.764. The molecule has 4 rings (SSSR count). The largest absolute Gasteiger partial charge is 0.497 e. The Hall–Kier alpha value is -2.79. The first-order valence-electron chi connectivity index (χ1n) is 8.36. The van der Waals surface area contributed by atoms with Crippen LogP contribution in [0.15, 0.2) is 54.9 Å². The van der Waals surface area contributed by atoms with Crippen LogP contribution in [0.5, 0.6) is 5.75 Å². The molecule has 132 valence electrons. The minimum Gasteiger partial charge on any atom is -0.497 e. The first kappa shape index (κ1) is 16.7. The predicted octanol–water partition coefficient (Wildman–Crippen LogP) is 3.86. The van der Waals surface area contributed by atoms with E-state index in [9.17, 15) is 4.79 Å².